The van der Waals surface area contributed by atoms with Crippen LogP contribution in [0.2, 0.25) is 0 Å². The predicted molar refractivity (Wildman–Crippen MR) is 90.3 cm³/mol. The Morgan fingerprint density at radius 2 is 1.91 bits per heavy atom. The number of nitrogens with zero attached hydrogens (tertiary/aromatic N) is 4. The zero-order valence-electron chi connectivity index (χ0n) is 12.4. The van der Waals surface area contributed by atoms with Crippen molar-refractivity contribution < 1.29 is 0 Å². The third-order valence-corrected chi connectivity index (χ3v) is 4.10. The van der Waals surface area contributed by atoms with E-state index in [1.54, 1.807) is 20.4 Å². The van der Waals surface area contributed by atoms with Crippen molar-refractivity contribution in [3.05, 3.63) is 63.4 Å². The molecule has 0 saturated heterocycles. The van der Waals surface area contributed by atoms with Crippen LogP contribution < -0.4 is 5.69 Å². The molecule has 1 aromatic carbocycles. The van der Waals surface area contributed by atoms with Crippen LogP contribution in [0.5, 0.6) is 0 Å². The fraction of sp³-hybridized carbons (Fsp3) is 0.188. The fourth-order valence-corrected chi connectivity index (χ4v) is 2.69. The van der Waals surface area contributed by atoms with Gasteiger partial charge in [0.2, 0.25) is 0 Å². The molecular formula is C16H16N4OS. The molecule has 0 fully saturated rings. The lowest BCUT2D eigenvalue weighted by Gasteiger charge is -2.06. The van der Waals surface area contributed by atoms with E-state index in [-0.39, 0.29) is 5.69 Å². The number of aryl methyl sites for hydroxylation is 1. The van der Waals surface area contributed by atoms with Crippen LogP contribution in [0.3, 0.4) is 0 Å². The lowest BCUT2D eigenvalue weighted by atomic mass is 10.2. The Labute approximate surface area is 132 Å². The molecule has 2 aromatic heterocycles. The van der Waals surface area contributed by atoms with E-state index in [0.29, 0.717) is 16.8 Å². The van der Waals surface area contributed by atoms with Crippen LogP contribution in [-0.2, 0) is 20.6 Å². The summed E-state index contributed by atoms with van der Waals surface area (Å²) in [5.74, 6) is 0. The van der Waals surface area contributed by atoms with Gasteiger partial charge < -0.3 is 4.57 Å². The molecule has 3 aromatic rings. The molecule has 0 atom stereocenters. The Morgan fingerprint density at radius 1 is 1.18 bits per heavy atom. The molecule has 0 aliphatic heterocycles. The molecule has 0 N–H and O–H groups in total. The van der Waals surface area contributed by atoms with Crippen LogP contribution in [0.25, 0.3) is 17.2 Å². The van der Waals surface area contributed by atoms with Gasteiger partial charge in [-0.1, -0.05) is 54.7 Å². The number of allylic oxidation sites excluding steroid dienone is 1. The summed E-state index contributed by atoms with van der Waals surface area (Å²) in [7, 11) is 3.39. The summed E-state index contributed by atoms with van der Waals surface area (Å²) in [5, 5.41) is 0. The normalized spacial score (nSPS) is 11.5. The van der Waals surface area contributed by atoms with Gasteiger partial charge in [-0.3, -0.25) is 9.13 Å². The Balaban J connectivity index is 2.01. The van der Waals surface area contributed by atoms with Gasteiger partial charge in [0, 0.05) is 20.6 Å². The summed E-state index contributed by atoms with van der Waals surface area (Å²) in [6, 6.07) is 10.1. The number of hydrogen-bond acceptors (Lipinski definition) is 3. The van der Waals surface area contributed by atoms with Gasteiger partial charge in [0.25, 0.3) is 0 Å². The highest BCUT2D eigenvalue weighted by molar-refractivity contribution is 7.71. The van der Waals surface area contributed by atoms with E-state index < -0.39 is 0 Å². The molecule has 0 amide bonds. The van der Waals surface area contributed by atoms with E-state index in [1.807, 2.05) is 34.9 Å². The van der Waals surface area contributed by atoms with E-state index in [2.05, 4.69) is 17.1 Å². The van der Waals surface area contributed by atoms with Gasteiger partial charge in [-0.05, 0) is 5.56 Å². The van der Waals surface area contributed by atoms with Crippen LogP contribution in [0.1, 0.15) is 5.56 Å². The monoisotopic (exact) mass is 312 g/mol. The first kappa shape index (κ1) is 14.5. The maximum absolute atomic E-state index is 12.0. The van der Waals surface area contributed by atoms with Crippen LogP contribution in [0.4, 0.5) is 0 Å². The average molecular weight is 312 g/mol. The van der Waals surface area contributed by atoms with Gasteiger partial charge in [-0.25, -0.2) is 9.78 Å². The van der Waals surface area contributed by atoms with E-state index in [0.717, 1.165) is 11.1 Å². The lowest BCUT2D eigenvalue weighted by molar-refractivity contribution is 0.716. The second-order valence-electron chi connectivity index (χ2n) is 5.09. The standard InChI is InChI=1S/C16H16N4OS/c1-18-14-13(15(22)19(2)16(18)21)20(11-17-14)10-6-9-12-7-4-3-5-8-12/h3-9,11H,10H2,1-2H3/b9-6+. The zero-order chi connectivity index (χ0) is 15.7. The van der Waals surface area contributed by atoms with Gasteiger partial charge >= 0.3 is 5.69 Å². The number of aromatic nitrogens is 4. The number of hydrogen-bond donors (Lipinski definition) is 0. The third-order valence-electron chi connectivity index (χ3n) is 3.63. The molecule has 3 rings (SSSR count). The molecule has 112 valence electrons. The van der Waals surface area contributed by atoms with Gasteiger partial charge in [0.1, 0.15) is 10.2 Å². The molecule has 0 spiro atoms. The molecule has 0 saturated carbocycles. The van der Waals surface area contributed by atoms with E-state index in [1.165, 1.54) is 9.13 Å². The highest BCUT2D eigenvalue weighted by Gasteiger charge is 2.10. The van der Waals surface area contributed by atoms with Crippen LogP contribution >= 0.6 is 12.2 Å². The SMILES string of the molecule is Cn1c(=S)c2c(ncn2C/C=C/c2ccccc2)n(C)c1=O. The van der Waals surface area contributed by atoms with Gasteiger partial charge in [-0.2, -0.15) is 0 Å². The summed E-state index contributed by atoms with van der Waals surface area (Å²) in [6.45, 7) is 0.646. The predicted octanol–water partition coefficient (Wildman–Crippen LogP) is 2.52. The molecule has 0 aliphatic rings. The van der Waals surface area contributed by atoms with Crippen molar-refractivity contribution >= 4 is 29.5 Å². The van der Waals surface area contributed by atoms with Crippen LogP contribution in [0.15, 0.2) is 47.5 Å². The molecule has 0 unspecified atom stereocenters. The van der Waals surface area contributed by atoms with Crippen molar-refractivity contribution in [2.45, 2.75) is 6.54 Å². The summed E-state index contributed by atoms with van der Waals surface area (Å²) in [4.78, 5) is 16.3. The number of imidazole rings is 1. The Bertz CT molecular complexity index is 963. The van der Waals surface area contributed by atoms with E-state index >= 15 is 0 Å². The minimum atomic E-state index is -0.164. The number of fused-ring (bicyclic) bond motifs is 1. The van der Waals surface area contributed by atoms with E-state index in [9.17, 15) is 4.79 Å². The highest BCUT2D eigenvalue weighted by atomic mass is 32.1. The van der Waals surface area contributed by atoms with Crippen molar-refractivity contribution in [3.63, 3.8) is 0 Å². The smallest absolute Gasteiger partial charge is 0.323 e. The molecule has 2 heterocycles. The van der Waals surface area contributed by atoms with Gasteiger partial charge in [0.15, 0.2) is 5.65 Å². The third kappa shape index (κ3) is 2.42. The van der Waals surface area contributed by atoms with Gasteiger partial charge in [0.05, 0.1) is 6.33 Å². The van der Waals surface area contributed by atoms with Crippen LogP contribution in [-0.4, -0.2) is 18.7 Å². The number of rotatable bonds is 3. The lowest BCUT2D eigenvalue weighted by Crippen LogP contribution is -2.28. The summed E-state index contributed by atoms with van der Waals surface area (Å²) < 4.78 is 5.44. The average Bonchev–Trinajstić information content (AvgIpc) is 2.96. The molecule has 5 nitrogen and oxygen atoms in total. The van der Waals surface area contributed by atoms with Crippen molar-refractivity contribution in [2.24, 2.45) is 14.1 Å². The first-order valence-corrected chi connectivity index (χ1v) is 7.33. The minimum absolute atomic E-state index is 0.164. The molecule has 0 radical (unpaired) electrons. The molecule has 6 heteroatoms. The maximum Gasteiger partial charge on any atom is 0.330 e. The second-order valence-corrected chi connectivity index (χ2v) is 5.47. The topological polar surface area (TPSA) is 44.8 Å². The highest BCUT2D eigenvalue weighted by Crippen LogP contribution is 2.12. The second kappa shape index (κ2) is 5.73. The Morgan fingerprint density at radius 3 is 2.64 bits per heavy atom. The van der Waals surface area contributed by atoms with Gasteiger partial charge in [-0.15, -0.1) is 0 Å². The largest absolute Gasteiger partial charge is 0.330 e. The molecular weight excluding hydrogens is 296 g/mol. The summed E-state index contributed by atoms with van der Waals surface area (Å²) in [5.41, 5.74) is 2.39. The summed E-state index contributed by atoms with van der Waals surface area (Å²) in [6.07, 6.45) is 5.82. The zero-order valence-corrected chi connectivity index (χ0v) is 13.2. The molecule has 22 heavy (non-hydrogen) atoms. The minimum Gasteiger partial charge on any atom is -0.323 e. The maximum atomic E-state index is 12.0. The summed E-state index contributed by atoms with van der Waals surface area (Å²) >= 11 is 5.39. The number of benzene rings is 1. The first-order valence-electron chi connectivity index (χ1n) is 6.92. The van der Waals surface area contributed by atoms with Crippen molar-refractivity contribution in [2.75, 3.05) is 0 Å². The van der Waals surface area contributed by atoms with Crippen molar-refractivity contribution in [1.82, 2.24) is 18.7 Å². The van der Waals surface area contributed by atoms with Crippen molar-refractivity contribution in [1.29, 1.82) is 0 Å². The Kier molecular flexibility index (Phi) is 3.77. The van der Waals surface area contributed by atoms with Crippen LogP contribution in [0, 0.1) is 4.64 Å². The van der Waals surface area contributed by atoms with Crippen molar-refractivity contribution in [3.8, 4) is 0 Å². The Hall–Kier alpha value is -2.47. The fourth-order valence-electron chi connectivity index (χ4n) is 2.40. The molecule has 0 aliphatic carbocycles. The molecule has 0 bridgehead atoms. The van der Waals surface area contributed by atoms with E-state index in [4.69, 9.17) is 12.2 Å². The first-order chi connectivity index (χ1) is 10.6. The quantitative estimate of drug-likeness (QED) is 0.698.